The molecule has 0 amide bonds. The van der Waals surface area contributed by atoms with Crippen molar-refractivity contribution in [2.45, 2.75) is 62.8 Å². The third kappa shape index (κ3) is 2.69. The predicted octanol–water partition coefficient (Wildman–Crippen LogP) is 4.48. The zero-order valence-corrected chi connectivity index (χ0v) is 16.1. The molecule has 0 aliphatic heterocycles. The molecule has 0 saturated heterocycles. The van der Waals surface area contributed by atoms with Gasteiger partial charge in [-0.25, -0.2) is 13.1 Å². The Morgan fingerprint density at radius 1 is 1.04 bits per heavy atom. The Kier molecular flexibility index (Phi) is 3.38. The SMILES string of the molecule is CC12CC3CC(C)(C1)CC(NS(=O)(=O)c1ccccc1Br)(C3)C2. The summed E-state index contributed by atoms with van der Waals surface area (Å²) in [5, 5.41) is 0. The number of sulfonamides is 1. The van der Waals surface area contributed by atoms with E-state index in [2.05, 4.69) is 34.5 Å². The van der Waals surface area contributed by atoms with Crippen molar-refractivity contribution in [2.24, 2.45) is 16.7 Å². The van der Waals surface area contributed by atoms with Crippen LogP contribution in [0.5, 0.6) is 0 Å². The second-order valence-electron chi connectivity index (χ2n) is 8.95. The summed E-state index contributed by atoms with van der Waals surface area (Å²) >= 11 is 3.38. The average Bonchev–Trinajstić information content (AvgIpc) is 2.32. The molecule has 1 aromatic carbocycles. The zero-order valence-electron chi connectivity index (χ0n) is 13.7. The van der Waals surface area contributed by atoms with E-state index in [0.717, 1.165) is 19.3 Å². The van der Waals surface area contributed by atoms with Crippen LogP contribution in [0, 0.1) is 16.7 Å². The van der Waals surface area contributed by atoms with Gasteiger partial charge in [0.05, 0.1) is 4.90 Å². The van der Waals surface area contributed by atoms with Crippen LogP contribution in [0.15, 0.2) is 33.6 Å². The number of rotatable bonds is 3. The number of benzene rings is 1. The first-order chi connectivity index (χ1) is 10.6. The summed E-state index contributed by atoms with van der Waals surface area (Å²) < 4.78 is 29.8. The van der Waals surface area contributed by atoms with Crippen molar-refractivity contribution in [1.82, 2.24) is 4.72 Å². The number of nitrogens with one attached hydrogen (secondary N) is 1. The Morgan fingerprint density at radius 2 is 1.65 bits per heavy atom. The van der Waals surface area contributed by atoms with Crippen molar-refractivity contribution in [3.8, 4) is 0 Å². The molecule has 2 unspecified atom stereocenters. The van der Waals surface area contributed by atoms with Gasteiger partial charge < -0.3 is 0 Å². The smallest absolute Gasteiger partial charge is 0.207 e. The summed E-state index contributed by atoms with van der Waals surface area (Å²) in [6.07, 6.45) is 6.74. The van der Waals surface area contributed by atoms with Crippen LogP contribution in [0.25, 0.3) is 0 Å². The van der Waals surface area contributed by atoms with E-state index in [4.69, 9.17) is 0 Å². The van der Waals surface area contributed by atoms with Crippen molar-refractivity contribution < 1.29 is 8.42 Å². The van der Waals surface area contributed by atoms with Gasteiger partial charge in [-0.1, -0.05) is 26.0 Å². The molecular weight excluding hydrogens is 374 g/mol. The quantitative estimate of drug-likeness (QED) is 0.816. The minimum atomic E-state index is -3.50. The number of halogens is 1. The molecule has 5 heteroatoms. The maximum Gasteiger partial charge on any atom is 0.242 e. The lowest BCUT2D eigenvalue weighted by atomic mass is 9.43. The Morgan fingerprint density at radius 3 is 2.22 bits per heavy atom. The Hall–Kier alpha value is -0.390. The molecule has 0 radical (unpaired) electrons. The van der Waals surface area contributed by atoms with Gasteiger partial charge in [0.1, 0.15) is 0 Å². The highest BCUT2D eigenvalue weighted by Gasteiger charge is 2.61. The van der Waals surface area contributed by atoms with Gasteiger partial charge >= 0.3 is 0 Å². The van der Waals surface area contributed by atoms with E-state index in [1.165, 1.54) is 19.3 Å². The van der Waals surface area contributed by atoms with Crippen molar-refractivity contribution in [1.29, 1.82) is 0 Å². The molecule has 4 saturated carbocycles. The van der Waals surface area contributed by atoms with Crippen LogP contribution < -0.4 is 4.72 Å². The van der Waals surface area contributed by atoms with Crippen molar-refractivity contribution in [3.05, 3.63) is 28.7 Å². The van der Waals surface area contributed by atoms with E-state index in [1.54, 1.807) is 18.2 Å². The summed E-state index contributed by atoms with van der Waals surface area (Å²) in [5.41, 5.74) is 0.340. The second-order valence-corrected chi connectivity index (χ2v) is 11.5. The Balaban J connectivity index is 1.70. The highest BCUT2D eigenvalue weighted by atomic mass is 79.9. The molecule has 3 nitrogen and oxygen atoms in total. The summed E-state index contributed by atoms with van der Waals surface area (Å²) in [6, 6.07) is 7.09. The van der Waals surface area contributed by atoms with Gasteiger partial charge in [-0.15, -0.1) is 0 Å². The van der Waals surface area contributed by atoms with Crippen LogP contribution in [0.3, 0.4) is 0 Å². The summed E-state index contributed by atoms with van der Waals surface area (Å²) in [4.78, 5) is 0.353. The van der Waals surface area contributed by atoms with Crippen LogP contribution in [0.1, 0.15) is 52.4 Å². The lowest BCUT2D eigenvalue weighted by Crippen LogP contribution is -2.65. The van der Waals surface area contributed by atoms with Gasteiger partial charge in [0, 0.05) is 10.0 Å². The fourth-order valence-electron chi connectivity index (χ4n) is 6.56. The van der Waals surface area contributed by atoms with Crippen molar-refractivity contribution in [3.63, 3.8) is 0 Å². The minimum Gasteiger partial charge on any atom is -0.207 e. The average molecular weight is 398 g/mol. The molecule has 1 aromatic rings. The van der Waals surface area contributed by atoms with Gasteiger partial charge in [0.25, 0.3) is 0 Å². The minimum absolute atomic E-state index is 0.253. The standard InChI is InChI=1S/C18H24BrNO2S/c1-16-7-13-8-17(2,10-16)12-18(9-13,11-16)20-23(21,22)15-6-4-3-5-14(15)19/h3-6,13,20H,7-12H2,1-2H3. The second kappa shape index (κ2) is 4.83. The Labute approximate surface area is 147 Å². The molecule has 4 aliphatic carbocycles. The lowest BCUT2D eigenvalue weighted by Gasteiger charge is -2.65. The molecule has 0 heterocycles. The van der Waals surface area contributed by atoms with Crippen LogP contribution in [-0.4, -0.2) is 14.0 Å². The van der Waals surface area contributed by atoms with Gasteiger partial charge in [0.2, 0.25) is 10.0 Å². The number of hydrogen-bond donors (Lipinski definition) is 1. The van der Waals surface area contributed by atoms with Crippen LogP contribution in [0.4, 0.5) is 0 Å². The number of hydrogen-bond acceptors (Lipinski definition) is 2. The van der Waals surface area contributed by atoms with E-state index in [0.29, 0.717) is 26.1 Å². The molecule has 1 N–H and O–H groups in total. The van der Waals surface area contributed by atoms with Gasteiger partial charge in [-0.3, -0.25) is 0 Å². The van der Waals surface area contributed by atoms with Crippen LogP contribution in [0.2, 0.25) is 0 Å². The summed E-state index contributed by atoms with van der Waals surface area (Å²) in [6.45, 7) is 4.72. The van der Waals surface area contributed by atoms with Gasteiger partial charge in [-0.05, 0) is 83.3 Å². The maximum atomic E-state index is 13.0. The summed E-state index contributed by atoms with van der Waals surface area (Å²) in [7, 11) is -3.50. The maximum absolute atomic E-state index is 13.0. The zero-order chi connectivity index (χ0) is 16.5. The predicted molar refractivity (Wildman–Crippen MR) is 94.6 cm³/mol. The van der Waals surface area contributed by atoms with Crippen LogP contribution in [-0.2, 0) is 10.0 Å². The van der Waals surface area contributed by atoms with Crippen LogP contribution >= 0.6 is 15.9 Å². The van der Waals surface area contributed by atoms with E-state index >= 15 is 0 Å². The molecule has 4 fully saturated rings. The highest BCUT2D eigenvalue weighted by Crippen LogP contribution is 2.66. The molecule has 23 heavy (non-hydrogen) atoms. The molecule has 5 rings (SSSR count). The molecule has 2 atom stereocenters. The first-order valence-electron chi connectivity index (χ1n) is 8.41. The Bertz CT molecular complexity index is 742. The third-order valence-electron chi connectivity index (χ3n) is 6.10. The largest absolute Gasteiger partial charge is 0.242 e. The normalized spacial score (nSPS) is 42.1. The topological polar surface area (TPSA) is 46.2 Å². The fourth-order valence-corrected chi connectivity index (χ4v) is 8.98. The fraction of sp³-hybridized carbons (Fsp3) is 0.667. The van der Waals surface area contributed by atoms with Gasteiger partial charge in [-0.2, -0.15) is 0 Å². The van der Waals surface area contributed by atoms with E-state index in [1.807, 2.05) is 6.07 Å². The monoisotopic (exact) mass is 397 g/mol. The molecule has 4 bridgehead atoms. The molecule has 4 aliphatic rings. The first kappa shape index (κ1) is 16.1. The molecule has 126 valence electrons. The highest BCUT2D eigenvalue weighted by molar-refractivity contribution is 9.10. The first-order valence-corrected chi connectivity index (χ1v) is 10.7. The third-order valence-corrected chi connectivity index (χ3v) is 8.69. The lowest BCUT2D eigenvalue weighted by molar-refractivity contribution is -0.110. The van der Waals surface area contributed by atoms with E-state index in [-0.39, 0.29) is 5.54 Å². The van der Waals surface area contributed by atoms with Crippen molar-refractivity contribution >= 4 is 26.0 Å². The molecular formula is C18H24BrNO2S. The molecule has 0 spiro atoms. The summed E-state index contributed by atoms with van der Waals surface area (Å²) in [5.74, 6) is 0.670. The van der Waals surface area contributed by atoms with E-state index < -0.39 is 10.0 Å². The van der Waals surface area contributed by atoms with Crippen molar-refractivity contribution in [2.75, 3.05) is 0 Å². The van der Waals surface area contributed by atoms with Gasteiger partial charge in [0.15, 0.2) is 0 Å². The van der Waals surface area contributed by atoms with E-state index in [9.17, 15) is 8.42 Å². The molecule has 0 aromatic heterocycles.